The van der Waals surface area contributed by atoms with Crippen molar-refractivity contribution in [1.29, 1.82) is 0 Å². The fraction of sp³-hybridized carbons (Fsp3) is 0.190. The molecule has 0 aliphatic carbocycles. The second kappa shape index (κ2) is 8.24. The van der Waals surface area contributed by atoms with Gasteiger partial charge in [-0.3, -0.25) is 14.9 Å². The Hall–Kier alpha value is -3.52. The Bertz CT molecular complexity index is 1020. The molecule has 1 atom stereocenters. The molecule has 3 aromatic rings. The number of primary amides is 1. The molecular formula is C21H22FN5O2. The fourth-order valence-electron chi connectivity index (χ4n) is 2.91. The van der Waals surface area contributed by atoms with E-state index in [1.165, 1.54) is 16.8 Å². The molecule has 8 heteroatoms. The Kier molecular flexibility index (Phi) is 5.74. The topological polar surface area (TPSA) is 102 Å². The number of aromatic nitrogens is 2. The van der Waals surface area contributed by atoms with Crippen LogP contribution in [0.15, 0.2) is 60.7 Å². The van der Waals surface area contributed by atoms with E-state index in [-0.39, 0.29) is 18.3 Å². The number of nitrogens with two attached hydrogens (primary N) is 1. The predicted molar refractivity (Wildman–Crippen MR) is 108 cm³/mol. The van der Waals surface area contributed by atoms with Crippen molar-refractivity contribution >= 4 is 17.6 Å². The molecule has 0 fully saturated rings. The summed E-state index contributed by atoms with van der Waals surface area (Å²) in [4.78, 5) is 24.6. The Morgan fingerprint density at radius 1 is 1.14 bits per heavy atom. The van der Waals surface area contributed by atoms with Gasteiger partial charge in [0.15, 0.2) is 0 Å². The first-order chi connectivity index (χ1) is 13.8. The zero-order valence-electron chi connectivity index (χ0n) is 16.1. The van der Waals surface area contributed by atoms with Crippen LogP contribution < -0.4 is 16.4 Å². The minimum absolute atomic E-state index is 0.151. The van der Waals surface area contributed by atoms with Crippen molar-refractivity contribution in [2.45, 2.75) is 19.4 Å². The Morgan fingerprint density at radius 3 is 2.41 bits per heavy atom. The largest absolute Gasteiger partial charge is 0.368 e. The van der Waals surface area contributed by atoms with Crippen molar-refractivity contribution in [2.24, 2.45) is 5.73 Å². The molecule has 0 saturated carbocycles. The van der Waals surface area contributed by atoms with Crippen LogP contribution in [0, 0.1) is 12.7 Å². The third-order valence-corrected chi connectivity index (χ3v) is 4.62. The van der Waals surface area contributed by atoms with Crippen LogP contribution in [0.3, 0.4) is 0 Å². The van der Waals surface area contributed by atoms with Gasteiger partial charge in [0, 0.05) is 6.07 Å². The maximum Gasteiger partial charge on any atom is 0.242 e. The number of anilines is 1. The van der Waals surface area contributed by atoms with E-state index in [1.54, 1.807) is 56.3 Å². The van der Waals surface area contributed by atoms with Gasteiger partial charge < -0.3 is 11.1 Å². The third-order valence-electron chi connectivity index (χ3n) is 4.62. The predicted octanol–water partition coefficient (Wildman–Crippen LogP) is 2.25. The van der Waals surface area contributed by atoms with Crippen LogP contribution in [0.1, 0.15) is 18.2 Å². The molecule has 7 nitrogen and oxygen atoms in total. The number of carbonyl (C=O) groups is 2. The number of nitrogens with zero attached hydrogens (tertiary/aromatic N) is 2. The maximum atomic E-state index is 13.2. The Morgan fingerprint density at radius 2 is 1.79 bits per heavy atom. The second-order valence-electron chi connectivity index (χ2n) is 6.82. The van der Waals surface area contributed by atoms with Crippen molar-refractivity contribution in [2.75, 3.05) is 11.9 Å². The molecule has 0 aliphatic heterocycles. The average Bonchev–Trinajstić information content (AvgIpc) is 3.07. The highest BCUT2D eigenvalue weighted by molar-refractivity contribution is 5.93. The summed E-state index contributed by atoms with van der Waals surface area (Å²) in [7, 11) is 0. The first-order valence-electron chi connectivity index (χ1n) is 9.02. The summed E-state index contributed by atoms with van der Waals surface area (Å²) in [6.07, 6.45) is 0. The molecule has 1 unspecified atom stereocenters. The van der Waals surface area contributed by atoms with Crippen molar-refractivity contribution in [3.8, 4) is 5.69 Å². The highest BCUT2D eigenvalue weighted by Gasteiger charge is 2.33. The monoisotopic (exact) mass is 395 g/mol. The summed E-state index contributed by atoms with van der Waals surface area (Å²) in [6, 6.07) is 16.4. The van der Waals surface area contributed by atoms with Crippen molar-refractivity contribution in [1.82, 2.24) is 15.1 Å². The van der Waals surface area contributed by atoms with Crippen LogP contribution in [-0.4, -0.2) is 28.1 Å². The molecule has 4 N–H and O–H groups in total. The van der Waals surface area contributed by atoms with Gasteiger partial charge in [0.1, 0.15) is 17.2 Å². The molecule has 3 rings (SSSR count). The lowest BCUT2D eigenvalue weighted by molar-refractivity contribution is -0.124. The summed E-state index contributed by atoms with van der Waals surface area (Å²) in [5, 5.41) is 10.0. The van der Waals surface area contributed by atoms with Crippen LogP contribution in [-0.2, 0) is 15.1 Å². The van der Waals surface area contributed by atoms with Gasteiger partial charge in [-0.05, 0) is 43.7 Å². The number of nitrogens with one attached hydrogen (secondary N) is 2. The zero-order valence-corrected chi connectivity index (χ0v) is 16.1. The zero-order chi connectivity index (χ0) is 21.0. The minimum Gasteiger partial charge on any atom is -0.368 e. The van der Waals surface area contributed by atoms with Gasteiger partial charge in [-0.1, -0.05) is 30.3 Å². The first-order valence-corrected chi connectivity index (χ1v) is 9.02. The number of benzene rings is 2. The lowest BCUT2D eigenvalue weighted by Crippen LogP contribution is -2.52. The standard InChI is InChI=1S/C21H22FN5O2/c1-14-12-18(27(26-14)17-10-8-16(22)9-11-17)25-19(28)13-24-21(2,20(23)29)15-6-4-3-5-7-15/h3-12,24H,13H2,1-2H3,(H2,23,29)(H,25,28). The van der Waals surface area contributed by atoms with Crippen molar-refractivity contribution in [3.63, 3.8) is 0 Å². The SMILES string of the molecule is Cc1cc(NC(=O)CNC(C)(C(N)=O)c2ccccc2)n(-c2ccc(F)cc2)n1. The van der Waals surface area contributed by atoms with E-state index < -0.39 is 11.4 Å². The molecule has 2 aromatic carbocycles. The van der Waals surface area contributed by atoms with E-state index in [9.17, 15) is 14.0 Å². The van der Waals surface area contributed by atoms with Gasteiger partial charge >= 0.3 is 0 Å². The van der Waals surface area contributed by atoms with E-state index >= 15 is 0 Å². The number of hydrogen-bond donors (Lipinski definition) is 3. The average molecular weight is 395 g/mol. The van der Waals surface area contributed by atoms with Crippen molar-refractivity contribution in [3.05, 3.63) is 77.7 Å². The molecular weight excluding hydrogens is 373 g/mol. The van der Waals surface area contributed by atoms with E-state index in [4.69, 9.17) is 5.73 Å². The number of hydrogen-bond acceptors (Lipinski definition) is 4. The van der Waals surface area contributed by atoms with Crippen LogP contribution in [0.5, 0.6) is 0 Å². The summed E-state index contributed by atoms with van der Waals surface area (Å²) < 4.78 is 14.7. The molecule has 0 saturated heterocycles. The van der Waals surface area contributed by atoms with Gasteiger partial charge in [-0.2, -0.15) is 5.10 Å². The number of carbonyl (C=O) groups excluding carboxylic acids is 2. The first kappa shape index (κ1) is 20.2. The fourth-order valence-corrected chi connectivity index (χ4v) is 2.91. The highest BCUT2D eigenvalue weighted by atomic mass is 19.1. The van der Waals surface area contributed by atoms with Gasteiger partial charge in [-0.25, -0.2) is 9.07 Å². The summed E-state index contributed by atoms with van der Waals surface area (Å²) in [5.74, 6) is -0.902. The minimum atomic E-state index is -1.20. The molecule has 0 radical (unpaired) electrons. The van der Waals surface area contributed by atoms with E-state index in [0.717, 1.165) is 0 Å². The van der Waals surface area contributed by atoms with Crippen LogP contribution >= 0.6 is 0 Å². The number of halogens is 1. The molecule has 1 aromatic heterocycles. The summed E-state index contributed by atoms with van der Waals surface area (Å²) in [6.45, 7) is 3.26. The molecule has 0 aliphatic rings. The Balaban J connectivity index is 1.74. The Labute approximate surface area is 167 Å². The van der Waals surface area contributed by atoms with E-state index in [1.807, 2.05) is 6.07 Å². The maximum absolute atomic E-state index is 13.2. The summed E-state index contributed by atoms with van der Waals surface area (Å²) >= 11 is 0. The third kappa shape index (κ3) is 4.49. The lowest BCUT2D eigenvalue weighted by Gasteiger charge is -2.27. The van der Waals surface area contributed by atoms with Crippen molar-refractivity contribution < 1.29 is 14.0 Å². The van der Waals surface area contributed by atoms with Gasteiger partial charge in [0.25, 0.3) is 0 Å². The molecule has 0 spiro atoms. The van der Waals surface area contributed by atoms with Crippen LogP contribution in [0.2, 0.25) is 0 Å². The molecule has 150 valence electrons. The van der Waals surface area contributed by atoms with Gasteiger partial charge in [-0.15, -0.1) is 0 Å². The van der Waals surface area contributed by atoms with E-state index in [2.05, 4.69) is 15.7 Å². The molecule has 2 amide bonds. The lowest BCUT2D eigenvalue weighted by atomic mass is 9.91. The second-order valence-corrected chi connectivity index (χ2v) is 6.82. The molecule has 29 heavy (non-hydrogen) atoms. The van der Waals surface area contributed by atoms with Gasteiger partial charge in [0.2, 0.25) is 11.8 Å². The number of rotatable bonds is 7. The number of aryl methyl sites for hydroxylation is 1. The summed E-state index contributed by atoms with van der Waals surface area (Å²) in [5.41, 5.74) is 6.33. The smallest absolute Gasteiger partial charge is 0.242 e. The van der Waals surface area contributed by atoms with Crippen LogP contribution in [0.25, 0.3) is 5.69 Å². The normalized spacial score (nSPS) is 12.9. The quantitative estimate of drug-likeness (QED) is 0.571. The van der Waals surface area contributed by atoms with Crippen LogP contribution in [0.4, 0.5) is 10.2 Å². The molecule has 0 bridgehead atoms. The van der Waals surface area contributed by atoms with E-state index in [0.29, 0.717) is 22.8 Å². The molecule has 1 heterocycles. The number of amides is 2. The highest BCUT2D eigenvalue weighted by Crippen LogP contribution is 2.20. The van der Waals surface area contributed by atoms with Gasteiger partial charge in [0.05, 0.1) is 17.9 Å².